The fraction of sp³-hybridized carbons (Fsp3) is 0.462. The minimum atomic E-state index is -2.91. The van der Waals surface area contributed by atoms with Crippen molar-refractivity contribution in [1.82, 2.24) is 0 Å². The van der Waals surface area contributed by atoms with Crippen LogP contribution in [0.5, 0.6) is 0 Å². The second kappa shape index (κ2) is 6.37. The van der Waals surface area contributed by atoms with E-state index in [1.165, 1.54) is 18.2 Å². The highest BCUT2D eigenvalue weighted by Crippen LogP contribution is 2.28. The van der Waals surface area contributed by atoms with E-state index >= 15 is 0 Å². The third-order valence-electron chi connectivity index (χ3n) is 2.21. The second-order valence-electron chi connectivity index (χ2n) is 5.15. The van der Waals surface area contributed by atoms with E-state index in [1.54, 1.807) is 20.8 Å². The van der Waals surface area contributed by atoms with Gasteiger partial charge in [0.05, 0.1) is 10.7 Å². The molecule has 0 bridgehead atoms. The van der Waals surface area contributed by atoms with Crippen molar-refractivity contribution in [2.75, 3.05) is 5.32 Å². The summed E-state index contributed by atoms with van der Waals surface area (Å²) in [6.07, 6.45) is -5.53. The van der Waals surface area contributed by atoms with Crippen LogP contribution < -0.4 is 5.32 Å². The molecule has 2 N–H and O–H groups in total. The molecule has 7 heteroatoms. The summed E-state index contributed by atoms with van der Waals surface area (Å²) >= 11 is 5.87. The van der Waals surface area contributed by atoms with E-state index in [0.717, 1.165) is 0 Å². The van der Waals surface area contributed by atoms with Gasteiger partial charge in [-0.1, -0.05) is 17.7 Å². The van der Waals surface area contributed by atoms with Gasteiger partial charge in [0.2, 0.25) is 0 Å². The predicted octanol–water partition coefficient (Wildman–Crippen LogP) is 3.99. The van der Waals surface area contributed by atoms with Crippen molar-refractivity contribution in [3.8, 4) is 0 Å². The van der Waals surface area contributed by atoms with Crippen LogP contribution >= 0.6 is 11.6 Å². The fourth-order valence-corrected chi connectivity index (χ4v) is 1.61. The Morgan fingerprint density at radius 1 is 1.40 bits per heavy atom. The molecule has 1 aromatic carbocycles. The number of benzene rings is 1. The number of carbonyl (C=O) groups is 1. The molecule has 0 aliphatic rings. The minimum absolute atomic E-state index is 0.0280. The molecule has 112 valence electrons. The van der Waals surface area contributed by atoms with Crippen molar-refractivity contribution in [1.29, 1.82) is 0 Å². The average molecular weight is 308 g/mol. The molecule has 0 aromatic heterocycles. The van der Waals surface area contributed by atoms with Crippen molar-refractivity contribution >= 4 is 23.4 Å². The molecule has 0 saturated heterocycles. The maximum absolute atomic E-state index is 12.4. The molecule has 1 amide bonds. The van der Waals surface area contributed by atoms with Gasteiger partial charge in [0.1, 0.15) is 11.7 Å². The molecule has 0 saturated carbocycles. The van der Waals surface area contributed by atoms with Crippen molar-refractivity contribution in [3.05, 3.63) is 28.8 Å². The number of halogens is 3. The van der Waals surface area contributed by atoms with E-state index in [2.05, 4.69) is 5.32 Å². The van der Waals surface area contributed by atoms with E-state index in [1.807, 2.05) is 0 Å². The normalized spacial score (nSPS) is 13.2. The van der Waals surface area contributed by atoms with Gasteiger partial charge in [0, 0.05) is 0 Å². The Balaban J connectivity index is 2.81. The number of rotatable bonds is 3. The lowest BCUT2D eigenvalue weighted by Crippen LogP contribution is -2.27. The van der Waals surface area contributed by atoms with Gasteiger partial charge in [-0.15, -0.1) is 0 Å². The zero-order chi connectivity index (χ0) is 15.5. The molecular formula is C13H16ClF2NO3. The highest BCUT2D eigenvalue weighted by Gasteiger charge is 2.21. The number of nitrogens with one attached hydrogen (secondary N) is 1. The second-order valence-corrected chi connectivity index (χ2v) is 5.55. The summed E-state index contributed by atoms with van der Waals surface area (Å²) in [5.74, 6) is 0. The Morgan fingerprint density at radius 3 is 2.45 bits per heavy atom. The number of anilines is 1. The zero-order valence-electron chi connectivity index (χ0n) is 11.3. The van der Waals surface area contributed by atoms with Crippen LogP contribution in [-0.4, -0.2) is 23.2 Å². The molecule has 0 aliphatic carbocycles. The van der Waals surface area contributed by atoms with Gasteiger partial charge in [0.15, 0.2) is 0 Å². The van der Waals surface area contributed by atoms with Crippen LogP contribution in [0.2, 0.25) is 5.02 Å². The van der Waals surface area contributed by atoms with E-state index in [0.29, 0.717) is 0 Å². The molecule has 0 spiro atoms. The Kier molecular flexibility index (Phi) is 5.30. The molecule has 0 heterocycles. The Bertz CT molecular complexity index is 489. The summed E-state index contributed by atoms with van der Waals surface area (Å²) in [6, 6.07) is 3.76. The molecule has 1 rings (SSSR count). The summed E-state index contributed by atoms with van der Waals surface area (Å²) in [7, 11) is 0. The quantitative estimate of drug-likeness (QED) is 0.888. The molecule has 1 aromatic rings. The lowest BCUT2D eigenvalue weighted by atomic mass is 10.1. The molecule has 20 heavy (non-hydrogen) atoms. The first kappa shape index (κ1) is 16.7. The van der Waals surface area contributed by atoms with Gasteiger partial charge in [-0.2, -0.15) is 0 Å². The third kappa shape index (κ3) is 4.94. The predicted molar refractivity (Wildman–Crippen MR) is 72.3 cm³/mol. The number of alkyl halides is 2. The topological polar surface area (TPSA) is 58.6 Å². The fourth-order valence-electron chi connectivity index (χ4n) is 1.38. The summed E-state index contributed by atoms with van der Waals surface area (Å²) < 4.78 is 29.8. The zero-order valence-corrected chi connectivity index (χ0v) is 12.0. The number of carbonyl (C=O) groups excluding carboxylic acids is 1. The molecule has 0 aliphatic heterocycles. The lowest BCUT2D eigenvalue weighted by molar-refractivity contribution is -0.00576. The summed E-state index contributed by atoms with van der Waals surface area (Å²) in [5, 5.41) is 11.7. The monoisotopic (exact) mass is 307 g/mol. The van der Waals surface area contributed by atoms with Crippen LogP contribution in [-0.2, 0) is 4.74 Å². The standard InChI is InChI=1S/C13H16ClF2NO3/c1-13(2,3)20-12(19)17-9-5-4-7(6-8(9)14)10(18)11(15)16/h4-6,10-11,18H,1-3H3,(H,17,19). The Labute approximate surface area is 120 Å². The molecule has 0 fully saturated rings. The van der Waals surface area contributed by atoms with Crippen LogP contribution in [0.4, 0.5) is 19.3 Å². The summed E-state index contributed by atoms with van der Waals surface area (Å²) in [4.78, 5) is 11.5. The van der Waals surface area contributed by atoms with Crippen LogP contribution in [0.25, 0.3) is 0 Å². The average Bonchev–Trinajstić information content (AvgIpc) is 2.28. The number of amides is 1. The summed E-state index contributed by atoms with van der Waals surface area (Å²) in [5.41, 5.74) is -0.478. The molecule has 4 nitrogen and oxygen atoms in total. The minimum Gasteiger partial charge on any atom is -0.444 e. The number of aliphatic hydroxyl groups excluding tert-OH is 1. The van der Waals surface area contributed by atoms with E-state index < -0.39 is 24.2 Å². The highest BCUT2D eigenvalue weighted by molar-refractivity contribution is 6.33. The molecular weight excluding hydrogens is 292 g/mol. The Morgan fingerprint density at radius 2 is 2.00 bits per heavy atom. The van der Waals surface area contributed by atoms with Crippen molar-refractivity contribution in [2.45, 2.75) is 38.9 Å². The van der Waals surface area contributed by atoms with E-state index in [4.69, 9.17) is 16.3 Å². The smallest absolute Gasteiger partial charge is 0.412 e. The molecule has 0 radical (unpaired) electrons. The number of aliphatic hydroxyl groups is 1. The van der Waals surface area contributed by atoms with E-state index in [-0.39, 0.29) is 16.3 Å². The first-order valence-corrected chi connectivity index (χ1v) is 6.23. The maximum Gasteiger partial charge on any atom is 0.412 e. The SMILES string of the molecule is CC(C)(C)OC(=O)Nc1ccc(C(O)C(F)F)cc1Cl. The molecule has 1 unspecified atom stereocenters. The van der Waals surface area contributed by atoms with Gasteiger partial charge in [-0.3, -0.25) is 5.32 Å². The first-order valence-electron chi connectivity index (χ1n) is 5.86. The van der Waals surface area contributed by atoms with Gasteiger partial charge in [-0.05, 0) is 38.5 Å². The van der Waals surface area contributed by atoms with Gasteiger partial charge >= 0.3 is 6.09 Å². The van der Waals surface area contributed by atoms with Crippen LogP contribution in [0.1, 0.15) is 32.4 Å². The summed E-state index contributed by atoms with van der Waals surface area (Å²) in [6.45, 7) is 5.11. The lowest BCUT2D eigenvalue weighted by Gasteiger charge is -2.20. The van der Waals surface area contributed by atoms with Crippen LogP contribution in [0.15, 0.2) is 18.2 Å². The van der Waals surface area contributed by atoms with Crippen LogP contribution in [0, 0.1) is 0 Å². The van der Waals surface area contributed by atoms with Crippen molar-refractivity contribution in [3.63, 3.8) is 0 Å². The van der Waals surface area contributed by atoms with Crippen molar-refractivity contribution in [2.24, 2.45) is 0 Å². The molecule has 1 atom stereocenters. The number of ether oxygens (including phenoxy) is 1. The van der Waals surface area contributed by atoms with Crippen LogP contribution in [0.3, 0.4) is 0 Å². The largest absolute Gasteiger partial charge is 0.444 e. The van der Waals surface area contributed by atoms with Gasteiger partial charge < -0.3 is 9.84 Å². The third-order valence-corrected chi connectivity index (χ3v) is 2.52. The van der Waals surface area contributed by atoms with Gasteiger partial charge in [0.25, 0.3) is 6.43 Å². The Hall–Kier alpha value is -1.40. The van der Waals surface area contributed by atoms with Crippen molar-refractivity contribution < 1.29 is 23.4 Å². The van der Waals surface area contributed by atoms with E-state index in [9.17, 15) is 18.7 Å². The number of hydrogen-bond donors (Lipinski definition) is 2. The number of hydrogen-bond acceptors (Lipinski definition) is 3. The maximum atomic E-state index is 12.4. The first-order chi connectivity index (χ1) is 9.10. The van der Waals surface area contributed by atoms with Gasteiger partial charge in [-0.25, -0.2) is 13.6 Å². The highest BCUT2D eigenvalue weighted by atomic mass is 35.5.